The summed E-state index contributed by atoms with van der Waals surface area (Å²) in [5, 5.41) is 8.20. The highest BCUT2D eigenvalue weighted by atomic mass is 32.1. The van der Waals surface area contributed by atoms with E-state index in [9.17, 15) is 4.79 Å². The van der Waals surface area contributed by atoms with Crippen molar-refractivity contribution in [2.75, 3.05) is 6.61 Å². The molecule has 0 aromatic carbocycles. The number of ether oxygens (including phenoxy) is 1. The Bertz CT molecular complexity index is 462. The molecule has 0 fully saturated rings. The SMILES string of the molecule is CCOC(=O)c1cnn(Cc2ccsc2)c1. The van der Waals surface area contributed by atoms with Gasteiger partial charge in [0.05, 0.1) is 24.9 Å². The summed E-state index contributed by atoms with van der Waals surface area (Å²) in [5.74, 6) is -0.320. The molecular weight excluding hydrogens is 224 g/mol. The fraction of sp³-hybridized carbons (Fsp3) is 0.273. The van der Waals surface area contributed by atoms with Crippen LogP contribution in [0.15, 0.2) is 29.2 Å². The molecule has 2 aromatic rings. The van der Waals surface area contributed by atoms with Crippen molar-refractivity contribution in [2.24, 2.45) is 0 Å². The molecule has 2 aromatic heterocycles. The van der Waals surface area contributed by atoms with E-state index in [1.807, 2.05) is 11.4 Å². The van der Waals surface area contributed by atoms with Gasteiger partial charge in [-0.05, 0) is 29.3 Å². The second-order valence-electron chi connectivity index (χ2n) is 3.28. The first kappa shape index (κ1) is 10.9. The third kappa shape index (κ3) is 2.49. The molecule has 5 heteroatoms. The number of esters is 1. The molecule has 0 unspecified atom stereocenters. The van der Waals surface area contributed by atoms with Crippen LogP contribution < -0.4 is 0 Å². The van der Waals surface area contributed by atoms with Gasteiger partial charge in [-0.15, -0.1) is 0 Å². The van der Waals surface area contributed by atoms with E-state index >= 15 is 0 Å². The molecule has 0 N–H and O–H groups in total. The van der Waals surface area contributed by atoms with Crippen molar-refractivity contribution < 1.29 is 9.53 Å². The second kappa shape index (κ2) is 4.94. The first-order chi connectivity index (χ1) is 7.79. The van der Waals surface area contributed by atoms with E-state index in [-0.39, 0.29) is 5.97 Å². The molecule has 0 aliphatic carbocycles. The van der Waals surface area contributed by atoms with Crippen LogP contribution in [-0.4, -0.2) is 22.4 Å². The minimum atomic E-state index is -0.320. The molecule has 0 saturated heterocycles. The van der Waals surface area contributed by atoms with Gasteiger partial charge in [-0.1, -0.05) is 0 Å². The van der Waals surface area contributed by atoms with E-state index in [1.165, 1.54) is 11.8 Å². The van der Waals surface area contributed by atoms with Gasteiger partial charge in [-0.3, -0.25) is 4.68 Å². The fourth-order valence-electron chi connectivity index (χ4n) is 1.34. The quantitative estimate of drug-likeness (QED) is 0.764. The standard InChI is InChI=1S/C11H12N2O2S/c1-2-15-11(14)10-5-12-13(7-10)6-9-3-4-16-8-9/h3-5,7-8H,2,6H2,1H3. The third-order valence-corrected chi connectivity index (χ3v) is 2.80. The van der Waals surface area contributed by atoms with E-state index < -0.39 is 0 Å². The van der Waals surface area contributed by atoms with Crippen LogP contribution in [0.5, 0.6) is 0 Å². The lowest BCUT2D eigenvalue weighted by Gasteiger charge is -1.98. The average Bonchev–Trinajstić information content (AvgIpc) is 2.90. The van der Waals surface area contributed by atoms with Gasteiger partial charge in [0.2, 0.25) is 0 Å². The highest BCUT2D eigenvalue weighted by Crippen LogP contribution is 2.08. The summed E-state index contributed by atoms with van der Waals surface area (Å²) in [6.07, 6.45) is 3.24. The van der Waals surface area contributed by atoms with Crippen LogP contribution in [0.3, 0.4) is 0 Å². The molecular formula is C11H12N2O2S. The number of rotatable bonds is 4. The molecule has 0 bridgehead atoms. The number of carbonyl (C=O) groups excluding carboxylic acids is 1. The number of thiophene rings is 1. The van der Waals surface area contributed by atoms with Crippen LogP contribution in [0, 0.1) is 0 Å². The first-order valence-electron chi connectivity index (χ1n) is 5.00. The summed E-state index contributed by atoms with van der Waals surface area (Å²) in [4.78, 5) is 11.4. The molecule has 0 aliphatic rings. The number of carbonyl (C=O) groups is 1. The summed E-state index contributed by atoms with van der Waals surface area (Å²) in [5.41, 5.74) is 1.68. The molecule has 16 heavy (non-hydrogen) atoms. The maximum atomic E-state index is 11.4. The average molecular weight is 236 g/mol. The Hall–Kier alpha value is -1.62. The molecule has 0 amide bonds. The topological polar surface area (TPSA) is 44.1 Å². The zero-order chi connectivity index (χ0) is 11.4. The summed E-state index contributed by atoms with van der Waals surface area (Å²) in [6.45, 7) is 2.85. The zero-order valence-electron chi connectivity index (χ0n) is 8.92. The number of aromatic nitrogens is 2. The van der Waals surface area contributed by atoms with Crippen LogP contribution in [0.1, 0.15) is 22.8 Å². The van der Waals surface area contributed by atoms with Crippen LogP contribution >= 0.6 is 11.3 Å². The summed E-state index contributed by atoms with van der Waals surface area (Å²) in [7, 11) is 0. The van der Waals surface area contributed by atoms with Crippen LogP contribution in [0.2, 0.25) is 0 Å². The van der Waals surface area contributed by atoms with Crippen molar-refractivity contribution in [2.45, 2.75) is 13.5 Å². The first-order valence-corrected chi connectivity index (χ1v) is 5.94. The smallest absolute Gasteiger partial charge is 0.341 e. The molecule has 0 saturated carbocycles. The predicted molar refractivity (Wildman–Crippen MR) is 61.6 cm³/mol. The zero-order valence-corrected chi connectivity index (χ0v) is 9.74. The van der Waals surface area contributed by atoms with Crippen molar-refractivity contribution in [1.29, 1.82) is 0 Å². The largest absolute Gasteiger partial charge is 0.462 e. The normalized spacial score (nSPS) is 10.3. The number of hydrogen-bond acceptors (Lipinski definition) is 4. The van der Waals surface area contributed by atoms with Crippen molar-refractivity contribution in [3.8, 4) is 0 Å². The Morgan fingerprint density at radius 2 is 2.50 bits per heavy atom. The Morgan fingerprint density at radius 3 is 3.19 bits per heavy atom. The highest BCUT2D eigenvalue weighted by molar-refractivity contribution is 7.07. The van der Waals surface area contributed by atoms with Crippen LogP contribution in [0.25, 0.3) is 0 Å². The van der Waals surface area contributed by atoms with Gasteiger partial charge < -0.3 is 4.74 Å². The lowest BCUT2D eigenvalue weighted by Crippen LogP contribution is -2.03. The minimum Gasteiger partial charge on any atom is -0.462 e. The summed E-state index contributed by atoms with van der Waals surface area (Å²) >= 11 is 1.65. The van der Waals surface area contributed by atoms with Crippen molar-refractivity contribution >= 4 is 17.3 Å². The van der Waals surface area contributed by atoms with Gasteiger partial charge in [0.25, 0.3) is 0 Å². The molecule has 0 radical (unpaired) electrons. The number of hydrogen-bond donors (Lipinski definition) is 0. The molecule has 0 spiro atoms. The van der Waals surface area contributed by atoms with E-state index in [1.54, 1.807) is 29.1 Å². The van der Waals surface area contributed by atoms with E-state index in [2.05, 4.69) is 10.5 Å². The third-order valence-electron chi connectivity index (χ3n) is 2.07. The van der Waals surface area contributed by atoms with Crippen molar-refractivity contribution in [1.82, 2.24) is 9.78 Å². The molecule has 0 atom stereocenters. The fourth-order valence-corrected chi connectivity index (χ4v) is 2.00. The maximum Gasteiger partial charge on any atom is 0.341 e. The maximum absolute atomic E-state index is 11.4. The molecule has 84 valence electrons. The summed E-state index contributed by atoms with van der Waals surface area (Å²) < 4.78 is 6.62. The Balaban J connectivity index is 2.05. The second-order valence-corrected chi connectivity index (χ2v) is 4.06. The highest BCUT2D eigenvalue weighted by Gasteiger charge is 2.09. The Kier molecular flexibility index (Phi) is 3.36. The van der Waals surface area contributed by atoms with Gasteiger partial charge in [-0.2, -0.15) is 16.4 Å². The Morgan fingerprint density at radius 1 is 1.62 bits per heavy atom. The minimum absolute atomic E-state index is 0.320. The predicted octanol–water partition coefficient (Wildman–Crippen LogP) is 2.17. The molecule has 2 heterocycles. The van der Waals surface area contributed by atoms with Crippen molar-refractivity contribution in [3.63, 3.8) is 0 Å². The Labute approximate surface area is 97.5 Å². The van der Waals surface area contributed by atoms with Gasteiger partial charge in [0, 0.05) is 6.20 Å². The molecule has 2 rings (SSSR count). The van der Waals surface area contributed by atoms with E-state index in [0.29, 0.717) is 18.7 Å². The van der Waals surface area contributed by atoms with Gasteiger partial charge in [0.1, 0.15) is 0 Å². The van der Waals surface area contributed by atoms with Crippen LogP contribution in [0.4, 0.5) is 0 Å². The van der Waals surface area contributed by atoms with Gasteiger partial charge in [0.15, 0.2) is 0 Å². The van der Waals surface area contributed by atoms with Crippen molar-refractivity contribution in [3.05, 3.63) is 40.3 Å². The molecule has 0 aliphatic heterocycles. The number of nitrogens with zero attached hydrogens (tertiary/aromatic N) is 2. The van der Waals surface area contributed by atoms with Gasteiger partial charge >= 0.3 is 5.97 Å². The van der Waals surface area contributed by atoms with Crippen LogP contribution in [-0.2, 0) is 11.3 Å². The lowest BCUT2D eigenvalue weighted by molar-refractivity contribution is 0.0526. The van der Waals surface area contributed by atoms with Gasteiger partial charge in [-0.25, -0.2) is 4.79 Å². The van der Waals surface area contributed by atoms with E-state index in [4.69, 9.17) is 4.74 Å². The molecule has 4 nitrogen and oxygen atoms in total. The lowest BCUT2D eigenvalue weighted by atomic mass is 10.3. The van der Waals surface area contributed by atoms with E-state index in [0.717, 1.165) is 0 Å². The summed E-state index contributed by atoms with van der Waals surface area (Å²) in [6, 6.07) is 2.04. The monoisotopic (exact) mass is 236 g/mol.